The minimum Gasteiger partial charge on any atom is -0.296 e. The van der Waals surface area contributed by atoms with E-state index in [2.05, 4.69) is 32.6 Å². The van der Waals surface area contributed by atoms with Crippen LogP contribution in [-0.2, 0) is 6.42 Å². The van der Waals surface area contributed by atoms with Crippen molar-refractivity contribution < 1.29 is 4.79 Å². The Hall–Kier alpha value is -2.25. The summed E-state index contributed by atoms with van der Waals surface area (Å²) in [6.45, 7) is 2.16. The lowest BCUT2D eigenvalue weighted by Gasteiger charge is -2.03. The van der Waals surface area contributed by atoms with Crippen molar-refractivity contribution in [2.75, 3.05) is 5.32 Å². The molecule has 2 heterocycles. The van der Waals surface area contributed by atoms with Gasteiger partial charge in [0.25, 0.3) is 5.91 Å². The average Bonchev–Trinajstić information content (AvgIpc) is 3.25. The van der Waals surface area contributed by atoms with Crippen LogP contribution in [0.1, 0.15) is 41.6 Å². The monoisotopic (exact) mass is 375 g/mol. The van der Waals surface area contributed by atoms with Gasteiger partial charge < -0.3 is 0 Å². The summed E-state index contributed by atoms with van der Waals surface area (Å²) in [6, 6.07) is 7.21. The van der Waals surface area contributed by atoms with Crippen molar-refractivity contribution in [1.29, 1.82) is 0 Å². The van der Waals surface area contributed by atoms with Crippen LogP contribution in [0.5, 0.6) is 0 Å². The summed E-state index contributed by atoms with van der Waals surface area (Å²) in [6.07, 6.45) is 5.81. The quantitative estimate of drug-likeness (QED) is 0.592. The van der Waals surface area contributed by atoms with Crippen LogP contribution in [0.4, 0.5) is 5.13 Å². The van der Waals surface area contributed by atoms with Crippen molar-refractivity contribution in [2.45, 2.75) is 32.6 Å². The van der Waals surface area contributed by atoms with Gasteiger partial charge in [0, 0.05) is 17.0 Å². The van der Waals surface area contributed by atoms with Crippen LogP contribution in [0, 0.1) is 0 Å². The smallest absolute Gasteiger partial charge is 0.261 e. The van der Waals surface area contributed by atoms with E-state index in [0.29, 0.717) is 21.4 Å². The molecule has 0 spiro atoms. The van der Waals surface area contributed by atoms with Crippen LogP contribution >= 0.6 is 22.9 Å². The molecule has 2 N–H and O–H groups in total. The van der Waals surface area contributed by atoms with Gasteiger partial charge in [-0.1, -0.05) is 54.8 Å². The van der Waals surface area contributed by atoms with Crippen LogP contribution in [0.3, 0.4) is 0 Å². The Morgan fingerprint density at radius 3 is 2.80 bits per heavy atom. The normalized spacial score (nSPS) is 10.8. The summed E-state index contributed by atoms with van der Waals surface area (Å²) in [4.78, 5) is 12.5. The molecule has 0 aliphatic heterocycles. The van der Waals surface area contributed by atoms with E-state index in [-0.39, 0.29) is 5.91 Å². The highest BCUT2D eigenvalue weighted by Gasteiger charge is 2.17. The highest BCUT2D eigenvalue weighted by molar-refractivity contribution is 7.15. The second kappa shape index (κ2) is 8.22. The highest BCUT2D eigenvalue weighted by Crippen LogP contribution is 2.24. The van der Waals surface area contributed by atoms with Gasteiger partial charge in [0.05, 0.1) is 17.5 Å². The number of rotatable bonds is 7. The number of carbonyl (C=O) groups is 1. The first-order valence-corrected chi connectivity index (χ1v) is 9.30. The molecule has 0 aliphatic rings. The Morgan fingerprint density at radius 1 is 1.24 bits per heavy atom. The maximum atomic E-state index is 12.5. The predicted molar refractivity (Wildman–Crippen MR) is 100 cm³/mol. The van der Waals surface area contributed by atoms with Crippen LogP contribution in [0.25, 0.3) is 11.3 Å². The van der Waals surface area contributed by atoms with Crippen molar-refractivity contribution in [3.8, 4) is 11.3 Å². The van der Waals surface area contributed by atoms with Gasteiger partial charge in [-0.3, -0.25) is 15.2 Å². The first-order valence-electron chi connectivity index (χ1n) is 8.10. The van der Waals surface area contributed by atoms with Gasteiger partial charge >= 0.3 is 0 Å². The number of benzene rings is 1. The van der Waals surface area contributed by atoms with Gasteiger partial charge in [0.15, 0.2) is 0 Å². The molecule has 6 nitrogen and oxygen atoms in total. The molecule has 0 bridgehead atoms. The number of halogens is 1. The Labute approximate surface area is 154 Å². The number of amides is 1. The molecular weight excluding hydrogens is 358 g/mol. The molecule has 0 saturated heterocycles. The number of nitrogens with zero attached hydrogens (tertiary/aromatic N) is 3. The Balaban J connectivity index is 1.70. The van der Waals surface area contributed by atoms with E-state index in [1.807, 2.05) is 12.1 Å². The highest BCUT2D eigenvalue weighted by atomic mass is 35.5. The number of aryl methyl sites for hydroxylation is 1. The Morgan fingerprint density at radius 2 is 2.04 bits per heavy atom. The molecule has 0 radical (unpaired) electrons. The summed E-state index contributed by atoms with van der Waals surface area (Å²) in [7, 11) is 0. The number of hydrogen-bond acceptors (Lipinski definition) is 5. The third-order valence-corrected chi connectivity index (χ3v) is 4.85. The van der Waals surface area contributed by atoms with E-state index in [1.54, 1.807) is 12.1 Å². The molecule has 1 aromatic carbocycles. The maximum Gasteiger partial charge on any atom is 0.261 e. The third kappa shape index (κ3) is 4.43. The van der Waals surface area contributed by atoms with E-state index in [4.69, 9.17) is 11.6 Å². The Bertz CT molecular complexity index is 843. The first-order chi connectivity index (χ1) is 12.2. The van der Waals surface area contributed by atoms with Crippen molar-refractivity contribution >= 4 is 34.0 Å². The molecule has 0 saturated carbocycles. The molecule has 0 fully saturated rings. The number of H-pyrrole nitrogens is 1. The van der Waals surface area contributed by atoms with Crippen LogP contribution in [0.2, 0.25) is 5.02 Å². The molecule has 3 aromatic rings. The number of aromatic nitrogens is 4. The van der Waals surface area contributed by atoms with Gasteiger partial charge in [0.1, 0.15) is 5.01 Å². The van der Waals surface area contributed by atoms with Crippen molar-refractivity contribution in [3.05, 3.63) is 46.1 Å². The van der Waals surface area contributed by atoms with E-state index < -0.39 is 0 Å². The zero-order valence-corrected chi connectivity index (χ0v) is 15.3. The maximum absolute atomic E-state index is 12.5. The van der Waals surface area contributed by atoms with Crippen molar-refractivity contribution in [3.63, 3.8) is 0 Å². The minimum absolute atomic E-state index is 0.269. The van der Waals surface area contributed by atoms with Gasteiger partial charge in [-0.2, -0.15) is 5.10 Å². The summed E-state index contributed by atoms with van der Waals surface area (Å²) < 4.78 is 0. The van der Waals surface area contributed by atoms with Gasteiger partial charge in [0.2, 0.25) is 5.13 Å². The standard InChI is InChI=1S/C17H18ClN5OS/c1-2-3-4-5-14-21-23-17(25-14)20-16(24)13-10-19-22-15(13)11-6-8-12(18)9-7-11/h6-10H,2-5H2,1H3,(H,19,22)(H,20,23,24). The molecular formula is C17H18ClN5OS. The van der Waals surface area contributed by atoms with Crippen molar-refractivity contribution in [1.82, 2.24) is 20.4 Å². The van der Waals surface area contributed by atoms with Gasteiger partial charge in [-0.15, -0.1) is 10.2 Å². The van der Waals surface area contributed by atoms with Crippen molar-refractivity contribution in [2.24, 2.45) is 0 Å². The number of unbranched alkanes of at least 4 members (excludes halogenated alkanes) is 2. The van der Waals surface area contributed by atoms with Crippen LogP contribution in [0.15, 0.2) is 30.5 Å². The lowest BCUT2D eigenvalue weighted by molar-refractivity contribution is 0.102. The number of anilines is 1. The van der Waals surface area contributed by atoms with E-state index >= 15 is 0 Å². The fourth-order valence-electron chi connectivity index (χ4n) is 2.39. The number of nitrogens with one attached hydrogen (secondary N) is 2. The topological polar surface area (TPSA) is 83.6 Å². The molecule has 0 atom stereocenters. The molecule has 130 valence electrons. The molecule has 0 aliphatic carbocycles. The number of carbonyl (C=O) groups excluding carboxylic acids is 1. The summed E-state index contributed by atoms with van der Waals surface area (Å²) in [5.41, 5.74) is 1.93. The minimum atomic E-state index is -0.269. The molecule has 25 heavy (non-hydrogen) atoms. The zero-order valence-electron chi connectivity index (χ0n) is 13.8. The number of hydrogen-bond donors (Lipinski definition) is 2. The zero-order chi connectivity index (χ0) is 17.6. The second-order valence-electron chi connectivity index (χ2n) is 5.58. The van der Waals surface area contributed by atoms with Gasteiger partial charge in [-0.25, -0.2) is 0 Å². The predicted octanol–water partition coefficient (Wildman–Crippen LogP) is 4.57. The average molecular weight is 376 g/mol. The fraction of sp³-hybridized carbons (Fsp3) is 0.294. The first kappa shape index (κ1) is 17.6. The van der Waals surface area contributed by atoms with E-state index in [0.717, 1.165) is 29.8 Å². The molecule has 2 aromatic heterocycles. The molecule has 8 heteroatoms. The van der Waals surface area contributed by atoms with E-state index in [1.165, 1.54) is 24.0 Å². The molecule has 1 amide bonds. The largest absolute Gasteiger partial charge is 0.296 e. The second-order valence-corrected chi connectivity index (χ2v) is 7.08. The van der Waals surface area contributed by atoms with Gasteiger partial charge in [-0.05, 0) is 18.6 Å². The third-order valence-electron chi connectivity index (χ3n) is 3.70. The SMILES string of the molecule is CCCCCc1nnc(NC(=O)c2cn[nH]c2-c2ccc(Cl)cc2)s1. The Kier molecular flexibility index (Phi) is 5.78. The van der Waals surface area contributed by atoms with Crippen LogP contribution < -0.4 is 5.32 Å². The summed E-state index contributed by atoms with van der Waals surface area (Å²) >= 11 is 7.32. The summed E-state index contributed by atoms with van der Waals surface area (Å²) in [5.74, 6) is -0.269. The summed E-state index contributed by atoms with van der Waals surface area (Å²) in [5, 5.41) is 19.9. The lowest BCUT2D eigenvalue weighted by atomic mass is 10.1. The fourth-order valence-corrected chi connectivity index (χ4v) is 3.29. The van der Waals surface area contributed by atoms with E-state index in [9.17, 15) is 4.79 Å². The van der Waals surface area contributed by atoms with Crippen LogP contribution in [-0.4, -0.2) is 26.3 Å². The lowest BCUT2D eigenvalue weighted by Crippen LogP contribution is -2.12. The molecule has 0 unspecified atom stereocenters. The molecule has 3 rings (SSSR count). The number of aromatic amines is 1.